The van der Waals surface area contributed by atoms with Gasteiger partial charge in [0, 0.05) is 31.7 Å². The van der Waals surface area contributed by atoms with E-state index in [-0.39, 0.29) is 17.6 Å². The topological polar surface area (TPSA) is 66.6 Å². The fraction of sp³-hybridized carbons (Fsp3) is 0.300. The molecule has 1 aliphatic heterocycles. The van der Waals surface area contributed by atoms with Gasteiger partial charge in [-0.15, -0.1) is 0 Å². The molecule has 1 fully saturated rings. The van der Waals surface area contributed by atoms with E-state index in [0.717, 1.165) is 5.56 Å². The van der Waals surface area contributed by atoms with Crippen molar-refractivity contribution in [3.8, 4) is 0 Å². The molecule has 2 amide bonds. The highest BCUT2D eigenvalue weighted by Crippen LogP contribution is 2.11. The van der Waals surface area contributed by atoms with Crippen molar-refractivity contribution >= 4 is 11.8 Å². The number of carbonyl (C=O) groups is 2. The molecular weight excluding hydrogens is 333 g/mol. The average molecular weight is 355 g/mol. The number of amides is 2. The third-order valence-corrected chi connectivity index (χ3v) is 4.59. The van der Waals surface area contributed by atoms with Crippen molar-refractivity contribution in [2.75, 3.05) is 26.2 Å². The predicted molar refractivity (Wildman–Crippen MR) is 97.0 cm³/mol. The molecule has 0 aliphatic carbocycles. The van der Waals surface area contributed by atoms with Crippen molar-refractivity contribution < 1.29 is 14.0 Å². The molecule has 2 N–H and O–H groups in total. The summed E-state index contributed by atoms with van der Waals surface area (Å²) in [5.41, 5.74) is 7.52. The van der Waals surface area contributed by atoms with E-state index in [4.69, 9.17) is 5.73 Å². The molecule has 3 rings (SSSR count). The van der Waals surface area contributed by atoms with Crippen LogP contribution in [0.3, 0.4) is 0 Å². The average Bonchev–Trinajstić information content (AvgIpc) is 2.69. The lowest BCUT2D eigenvalue weighted by molar-refractivity contribution is -0.134. The van der Waals surface area contributed by atoms with Gasteiger partial charge in [0.15, 0.2) is 0 Å². The number of benzene rings is 2. The van der Waals surface area contributed by atoms with E-state index in [9.17, 15) is 14.0 Å². The molecule has 5 nitrogen and oxygen atoms in total. The first kappa shape index (κ1) is 18.1. The quantitative estimate of drug-likeness (QED) is 0.907. The fourth-order valence-electron chi connectivity index (χ4n) is 3.09. The number of hydrogen-bond acceptors (Lipinski definition) is 3. The van der Waals surface area contributed by atoms with Gasteiger partial charge in [0.2, 0.25) is 5.91 Å². The molecule has 1 aliphatic rings. The molecule has 1 saturated heterocycles. The zero-order valence-electron chi connectivity index (χ0n) is 14.5. The molecule has 0 aromatic heterocycles. The second-order valence-electron chi connectivity index (χ2n) is 6.42. The largest absolute Gasteiger partial charge is 0.338 e. The van der Waals surface area contributed by atoms with E-state index >= 15 is 0 Å². The van der Waals surface area contributed by atoms with Gasteiger partial charge in [0.25, 0.3) is 5.91 Å². The van der Waals surface area contributed by atoms with Gasteiger partial charge >= 0.3 is 0 Å². The summed E-state index contributed by atoms with van der Waals surface area (Å²) < 4.78 is 13.0. The van der Waals surface area contributed by atoms with Crippen LogP contribution in [0.5, 0.6) is 0 Å². The summed E-state index contributed by atoms with van der Waals surface area (Å²) in [6.45, 7) is 1.91. The minimum atomic E-state index is -0.670. The summed E-state index contributed by atoms with van der Waals surface area (Å²) in [4.78, 5) is 28.4. The summed E-state index contributed by atoms with van der Waals surface area (Å²) in [5.74, 6) is -0.470. The van der Waals surface area contributed by atoms with E-state index < -0.39 is 6.04 Å². The maximum absolute atomic E-state index is 13.0. The summed E-state index contributed by atoms with van der Waals surface area (Å²) in [5, 5.41) is 0. The highest BCUT2D eigenvalue weighted by molar-refractivity contribution is 5.94. The first-order valence-electron chi connectivity index (χ1n) is 8.68. The molecular formula is C20H22FN3O2. The molecule has 1 atom stereocenters. The molecule has 0 radical (unpaired) electrons. The zero-order valence-corrected chi connectivity index (χ0v) is 14.5. The van der Waals surface area contributed by atoms with Crippen LogP contribution >= 0.6 is 0 Å². The Hall–Kier alpha value is -2.73. The first-order valence-corrected chi connectivity index (χ1v) is 8.68. The van der Waals surface area contributed by atoms with Crippen LogP contribution in [-0.2, 0) is 11.2 Å². The lowest BCUT2D eigenvalue weighted by Crippen LogP contribution is -2.54. The Morgan fingerprint density at radius 3 is 2.12 bits per heavy atom. The van der Waals surface area contributed by atoms with E-state index in [1.54, 1.807) is 34.1 Å². The lowest BCUT2D eigenvalue weighted by Gasteiger charge is -2.36. The third kappa shape index (κ3) is 4.26. The maximum atomic E-state index is 13.0. The Bertz CT molecular complexity index is 756. The van der Waals surface area contributed by atoms with E-state index in [1.165, 1.54) is 12.1 Å². The number of piperazine rings is 1. The molecule has 0 spiro atoms. The van der Waals surface area contributed by atoms with Gasteiger partial charge in [0.1, 0.15) is 5.82 Å². The Morgan fingerprint density at radius 2 is 1.50 bits per heavy atom. The molecule has 6 heteroatoms. The molecule has 2 aromatic rings. The Morgan fingerprint density at radius 1 is 0.923 bits per heavy atom. The van der Waals surface area contributed by atoms with Crippen LogP contribution in [0.25, 0.3) is 0 Å². The van der Waals surface area contributed by atoms with Crippen molar-refractivity contribution in [1.29, 1.82) is 0 Å². The summed E-state index contributed by atoms with van der Waals surface area (Å²) in [7, 11) is 0. The van der Waals surface area contributed by atoms with Crippen molar-refractivity contribution in [2.45, 2.75) is 12.5 Å². The number of nitrogens with zero attached hydrogens (tertiary/aromatic N) is 2. The summed E-state index contributed by atoms with van der Waals surface area (Å²) >= 11 is 0. The van der Waals surface area contributed by atoms with Crippen molar-refractivity contribution in [3.63, 3.8) is 0 Å². The third-order valence-electron chi connectivity index (χ3n) is 4.59. The second kappa shape index (κ2) is 8.10. The first-order chi connectivity index (χ1) is 12.5. The van der Waals surface area contributed by atoms with Gasteiger partial charge in [-0.3, -0.25) is 9.59 Å². The van der Waals surface area contributed by atoms with Gasteiger partial charge in [-0.25, -0.2) is 4.39 Å². The zero-order chi connectivity index (χ0) is 18.5. The Labute approximate surface area is 152 Å². The number of carbonyl (C=O) groups excluding carboxylic acids is 2. The van der Waals surface area contributed by atoms with E-state index in [2.05, 4.69) is 0 Å². The van der Waals surface area contributed by atoms with Crippen molar-refractivity contribution in [3.05, 3.63) is 71.5 Å². The molecule has 26 heavy (non-hydrogen) atoms. The minimum absolute atomic E-state index is 0.0201. The van der Waals surface area contributed by atoms with Gasteiger partial charge in [-0.2, -0.15) is 0 Å². The van der Waals surface area contributed by atoms with Gasteiger partial charge in [-0.05, 0) is 36.2 Å². The predicted octanol–water partition coefficient (Wildman–Crippen LogP) is 1.68. The van der Waals surface area contributed by atoms with Gasteiger partial charge in [0.05, 0.1) is 6.04 Å². The maximum Gasteiger partial charge on any atom is 0.253 e. The lowest BCUT2D eigenvalue weighted by atomic mass is 10.1. The summed E-state index contributed by atoms with van der Waals surface area (Å²) in [6, 6.07) is 14.5. The SMILES string of the molecule is NC(Cc1ccc(F)cc1)C(=O)N1CCN(C(=O)c2ccccc2)CC1. The Kier molecular flexibility index (Phi) is 5.63. The van der Waals surface area contributed by atoms with Gasteiger partial charge in [-0.1, -0.05) is 30.3 Å². The second-order valence-corrected chi connectivity index (χ2v) is 6.42. The fourth-order valence-corrected chi connectivity index (χ4v) is 3.09. The molecule has 2 aromatic carbocycles. The van der Waals surface area contributed by atoms with Crippen LogP contribution in [0.1, 0.15) is 15.9 Å². The standard InChI is InChI=1S/C20H22FN3O2/c21-17-8-6-15(7-9-17)14-18(22)20(26)24-12-10-23(11-13-24)19(25)16-4-2-1-3-5-16/h1-9,18H,10-14,22H2. The smallest absolute Gasteiger partial charge is 0.253 e. The van der Waals surface area contributed by atoms with E-state index in [0.29, 0.717) is 38.2 Å². The molecule has 0 saturated carbocycles. The Balaban J connectivity index is 1.53. The normalized spacial score (nSPS) is 15.6. The molecule has 1 heterocycles. The number of halogens is 1. The molecule has 136 valence electrons. The molecule has 1 unspecified atom stereocenters. The van der Waals surface area contributed by atoms with Crippen molar-refractivity contribution in [1.82, 2.24) is 9.80 Å². The highest BCUT2D eigenvalue weighted by atomic mass is 19.1. The van der Waals surface area contributed by atoms with Crippen LogP contribution in [-0.4, -0.2) is 53.8 Å². The van der Waals surface area contributed by atoms with Crippen LogP contribution in [0.4, 0.5) is 4.39 Å². The number of hydrogen-bond donors (Lipinski definition) is 1. The van der Waals surface area contributed by atoms with Gasteiger partial charge < -0.3 is 15.5 Å². The monoisotopic (exact) mass is 355 g/mol. The summed E-state index contributed by atoms with van der Waals surface area (Å²) in [6.07, 6.45) is 0.363. The van der Waals surface area contributed by atoms with E-state index in [1.807, 2.05) is 18.2 Å². The van der Waals surface area contributed by atoms with Crippen molar-refractivity contribution in [2.24, 2.45) is 5.73 Å². The molecule has 0 bridgehead atoms. The minimum Gasteiger partial charge on any atom is -0.338 e. The van der Waals surface area contributed by atoms with Crippen LogP contribution in [0.15, 0.2) is 54.6 Å². The number of rotatable bonds is 4. The van der Waals surface area contributed by atoms with Crippen LogP contribution < -0.4 is 5.73 Å². The van der Waals surface area contributed by atoms with Crippen LogP contribution in [0, 0.1) is 5.82 Å². The highest BCUT2D eigenvalue weighted by Gasteiger charge is 2.27. The van der Waals surface area contributed by atoms with Crippen LogP contribution in [0.2, 0.25) is 0 Å². The number of nitrogens with two attached hydrogens (primary N) is 1.